The summed E-state index contributed by atoms with van der Waals surface area (Å²) in [5.74, 6) is -0.491. The van der Waals surface area contributed by atoms with Gasteiger partial charge in [-0.15, -0.1) is 11.3 Å². The van der Waals surface area contributed by atoms with Gasteiger partial charge in [-0.2, -0.15) is 0 Å². The van der Waals surface area contributed by atoms with E-state index in [1.165, 1.54) is 4.90 Å². The van der Waals surface area contributed by atoms with Gasteiger partial charge in [-0.25, -0.2) is 0 Å². The molecular weight excluding hydrogens is 894 g/mol. The minimum absolute atomic E-state index is 0.0112. The van der Waals surface area contributed by atoms with Gasteiger partial charge >= 0.3 is 0 Å². The Morgan fingerprint density at radius 1 is 0.528 bits per heavy atom. The second kappa shape index (κ2) is 15.5. The highest BCUT2D eigenvalue weighted by Crippen LogP contribution is 2.59. The van der Waals surface area contributed by atoms with Crippen molar-refractivity contribution in [2.75, 3.05) is 14.7 Å². The molecule has 2 bridgehead atoms. The van der Waals surface area contributed by atoms with Crippen LogP contribution in [-0.4, -0.2) is 6.71 Å². The summed E-state index contributed by atoms with van der Waals surface area (Å²) in [6.07, 6.45) is 2.56. The maximum absolute atomic E-state index is 11.3. The maximum atomic E-state index is 11.3. The maximum Gasteiger partial charge on any atom is 0.269 e. The van der Waals surface area contributed by atoms with Crippen molar-refractivity contribution in [2.45, 2.75) is 129 Å². The summed E-state index contributed by atoms with van der Waals surface area (Å²) in [6, 6.07) is -19.0. The molecule has 0 N–H and O–H groups in total. The molecular formula is C66H66BN3OS. The molecule has 0 spiro atoms. The Kier molecular flexibility index (Phi) is 5.59. The van der Waals surface area contributed by atoms with Crippen molar-refractivity contribution in [3.8, 4) is 0 Å². The van der Waals surface area contributed by atoms with Crippen molar-refractivity contribution in [2.24, 2.45) is 0 Å². The highest BCUT2D eigenvalue weighted by molar-refractivity contribution is 7.34. The van der Waals surface area contributed by atoms with E-state index in [0.717, 1.165) is 16.2 Å². The second-order valence-electron chi connectivity index (χ2n) is 23.2. The predicted octanol–water partition coefficient (Wildman–Crippen LogP) is 17.2. The molecule has 7 aromatic carbocycles. The third kappa shape index (κ3) is 6.84. The van der Waals surface area contributed by atoms with E-state index < -0.39 is 218 Å². The molecule has 0 saturated heterocycles. The van der Waals surface area contributed by atoms with Crippen LogP contribution in [0.3, 0.4) is 0 Å². The lowest BCUT2D eigenvalue weighted by Crippen LogP contribution is -2.60. The van der Waals surface area contributed by atoms with Crippen molar-refractivity contribution < 1.29 is 38.7 Å². The van der Waals surface area contributed by atoms with Gasteiger partial charge in [0.25, 0.3) is 6.71 Å². The molecule has 4 nitrogen and oxygen atoms in total. The van der Waals surface area contributed by atoms with Crippen LogP contribution in [0.15, 0.2) is 155 Å². The van der Waals surface area contributed by atoms with Gasteiger partial charge in [0.1, 0.15) is 5.58 Å². The average molecular weight is 985 g/mol. The summed E-state index contributed by atoms with van der Waals surface area (Å²) >= 11 is 0.981. The predicted molar refractivity (Wildman–Crippen MR) is 310 cm³/mol. The van der Waals surface area contributed by atoms with Gasteiger partial charge in [-0.05, 0) is 165 Å². The zero-order valence-corrected chi connectivity index (χ0v) is 42.9. The molecule has 0 atom stereocenters. The number of rotatable bonds is 5. The zero-order valence-electron chi connectivity index (χ0n) is 67.1. The highest BCUT2D eigenvalue weighted by atomic mass is 32.1. The average Bonchev–Trinajstić information content (AvgIpc) is 1.58. The first-order valence-corrected chi connectivity index (χ1v) is 25.2. The van der Waals surface area contributed by atoms with Crippen LogP contribution in [0.2, 0.25) is 0 Å². The van der Waals surface area contributed by atoms with E-state index in [1.54, 1.807) is 62.3 Å². The topological polar surface area (TPSA) is 22.9 Å². The molecule has 14 rings (SSSR count). The van der Waals surface area contributed by atoms with Gasteiger partial charge in [-0.3, -0.25) is 4.90 Å². The summed E-state index contributed by atoms with van der Waals surface area (Å²) in [5, 5.41) is -0.190. The normalized spacial score (nSPS) is 24.0. The Labute approximate surface area is 466 Å². The van der Waals surface area contributed by atoms with Gasteiger partial charge in [0.2, 0.25) is 5.88 Å². The number of furan rings is 1. The molecule has 2 aromatic heterocycles. The first kappa shape index (κ1) is 25.9. The summed E-state index contributed by atoms with van der Waals surface area (Å²) in [4.78, 5) is 2.77. The molecule has 0 radical (unpaired) electrons. The Morgan fingerprint density at radius 2 is 1.01 bits per heavy atom. The Bertz CT molecular complexity index is 4960. The van der Waals surface area contributed by atoms with Gasteiger partial charge in [0.15, 0.2) is 0 Å². The first-order valence-electron chi connectivity index (χ1n) is 36.9. The smallest absolute Gasteiger partial charge is 0.269 e. The number of hydrogen-bond acceptors (Lipinski definition) is 5. The Hall–Kier alpha value is -6.50. The van der Waals surface area contributed by atoms with E-state index in [1.807, 2.05) is 6.92 Å². The molecule has 72 heavy (non-hydrogen) atoms. The van der Waals surface area contributed by atoms with Crippen LogP contribution < -0.4 is 30.4 Å². The number of nitrogens with zero attached hydrogens (tertiary/aromatic N) is 3. The minimum atomic E-state index is -1.63. The number of para-hydroxylation sites is 2. The number of thiophene rings is 1. The van der Waals surface area contributed by atoms with E-state index in [0.29, 0.717) is 41.7 Å². The van der Waals surface area contributed by atoms with Crippen molar-refractivity contribution in [1.29, 1.82) is 0 Å². The van der Waals surface area contributed by atoms with Crippen molar-refractivity contribution in [3.05, 3.63) is 179 Å². The van der Waals surface area contributed by atoms with Crippen LogP contribution in [0.25, 0.3) is 21.1 Å². The first-order chi connectivity index (χ1) is 44.8. The zero-order chi connectivity index (χ0) is 71.6. The van der Waals surface area contributed by atoms with E-state index in [2.05, 4.69) is 6.92 Å². The summed E-state index contributed by atoms with van der Waals surface area (Å²) in [7, 11) is 0. The highest BCUT2D eigenvalue weighted by Gasteiger charge is 2.51. The van der Waals surface area contributed by atoms with Crippen molar-refractivity contribution >= 4 is 106 Å². The molecule has 9 aromatic rings. The van der Waals surface area contributed by atoms with E-state index in [4.69, 9.17) is 12.6 Å². The van der Waals surface area contributed by atoms with Gasteiger partial charge in [0, 0.05) is 59.8 Å². The van der Waals surface area contributed by atoms with Crippen LogP contribution in [0, 0.1) is 0 Å². The molecule has 2 aliphatic heterocycles. The number of fused-ring (bicyclic) bond motifs is 10. The molecule has 0 unspecified atom stereocenters. The van der Waals surface area contributed by atoms with Crippen molar-refractivity contribution in [3.63, 3.8) is 0 Å². The van der Waals surface area contributed by atoms with Gasteiger partial charge in [-0.1, -0.05) is 149 Å². The lowest BCUT2D eigenvalue weighted by atomic mass is 9.36. The standard InChI is InChI=1S/C66H66BN3OS/c1-62(2,3)41-22-27-46(28-23-41)69-53-37-48(68(44-18-14-12-15-19-44)45-20-16-13-17-21-45)38-54-58(53)67(60-59(69)50-39-51-52(40-56(50)72-60)66(11)34-32-65(51,10)33-35-66)57-49-31-26-43(64(7,8)9)36-55(49)71-61(57)70(54)47-29-24-42(25-30-47)63(4,5)6/h12-31,36-40H,32-35H2,1-11H3/i12D,13D,14D,15D,16D,17D,18D,19D,20D,21D,22D,23D,24D,25D,26D,27D,28D,29D,30D,31D,36D,37D,38D,39D,40D. The monoisotopic (exact) mass is 985 g/mol. The fraction of sp³-hybridized carbons (Fsp3) is 0.303. The second-order valence-corrected chi connectivity index (χ2v) is 24.3. The van der Waals surface area contributed by atoms with Crippen molar-refractivity contribution in [1.82, 2.24) is 0 Å². The quantitative estimate of drug-likeness (QED) is 0.160. The lowest BCUT2D eigenvalue weighted by molar-refractivity contribution is 0.188. The fourth-order valence-corrected chi connectivity index (χ4v) is 12.1. The third-order valence-corrected chi connectivity index (χ3v) is 16.2. The van der Waals surface area contributed by atoms with Crippen LogP contribution in [0.1, 0.15) is 164 Å². The van der Waals surface area contributed by atoms with Crippen LogP contribution >= 0.6 is 11.3 Å². The fourth-order valence-electron chi connectivity index (χ4n) is 10.8. The number of hydrogen-bond donors (Lipinski definition) is 0. The van der Waals surface area contributed by atoms with E-state index >= 15 is 0 Å². The minimum Gasteiger partial charge on any atom is -0.440 e. The molecule has 5 aliphatic rings. The lowest BCUT2D eigenvalue weighted by Gasteiger charge is -2.52. The molecule has 0 amide bonds. The Morgan fingerprint density at radius 3 is 1.54 bits per heavy atom. The molecule has 4 heterocycles. The third-order valence-electron chi connectivity index (χ3n) is 15.1. The molecule has 6 heteroatoms. The van der Waals surface area contributed by atoms with Gasteiger partial charge in [0.05, 0.1) is 45.6 Å². The SMILES string of the molecule is [2H]c1c([2H])c([2H])c(N(c2c([2H])c([2H])c([2H])c([2H])c2[2H])c2c([2H])c3c4c(c2[2H])N(c2c([2H])c([2H])c(C(C)(C)C)c([2H])c2[2H])c2c(sc5c([2H])c6c(c([2H])c25)C2(C)CCC6(C)CC2)B4c2c(oc4c([2H])c(C(C)(C)C)c([2H])c([2H])c24)N3c2c([2H])c([2H])c(C(C)(C)C)c([2H])c2[2H])c([2H])c1[2H]. The summed E-state index contributed by atoms with van der Waals surface area (Å²) < 4.78 is 254. The summed E-state index contributed by atoms with van der Waals surface area (Å²) in [5.41, 5.74) is -9.66. The molecule has 3 aliphatic carbocycles. The van der Waals surface area contributed by atoms with E-state index in [-0.39, 0.29) is 71.2 Å². The number of anilines is 9. The Balaban J connectivity index is 1.39. The van der Waals surface area contributed by atoms with E-state index in [9.17, 15) is 26.0 Å². The largest absolute Gasteiger partial charge is 0.440 e. The summed E-state index contributed by atoms with van der Waals surface area (Å²) in [6.45, 7) is 17.7. The number of benzene rings is 7. The van der Waals surface area contributed by atoms with Crippen LogP contribution in [-0.2, 0) is 27.1 Å². The molecule has 1 saturated carbocycles. The van der Waals surface area contributed by atoms with Crippen LogP contribution in [0.5, 0.6) is 0 Å². The van der Waals surface area contributed by atoms with Crippen LogP contribution in [0.4, 0.5) is 51.4 Å². The molecule has 360 valence electrons. The molecule has 1 fully saturated rings. The van der Waals surface area contributed by atoms with Gasteiger partial charge < -0.3 is 14.2 Å².